The second kappa shape index (κ2) is 8.29. The molecule has 0 N–H and O–H groups in total. The highest BCUT2D eigenvalue weighted by atomic mass is 35.5. The Bertz CT molecular complexity index is 994. The van der Waals surface area contributed by atoms with Crippen molar-refractivity contribution in [2.24, 2.45) is 0 Å². The second-order valence-electron chi connectivity index (χ2n) is 8.01. The number of likely N-dealkylation sites (N-methyl/N-ethyl adjacent to an activating group) is 1. The van der Waals surface area contributed by atoms with Crippen molar-refractivity contribution < 1.29 is 14.1 Å². The van der Waals surface area contributed by atoms with Crippen molar-refractivity contribution in [1.82, 2.24) is 29.6 Å². The maximum atomic E-state index is 12.8. The van der Waals surface area contributed by atoms with E-state index in [-0.39, 0.29) is 0 Å². The van der Waals surface area contributed by atoms with Gasteiger partial charge in [-0.2, -0.15) is 4.68 Å². The molecule has 1 aromatic heterocycles. The molecule has 1 aromatic carbocycles. The van der Waals surface area contributed by atoms with Gasteiger partial charge in [0.05, 0.1) is 32.2 Å². The van der Waals surface area contributed by atoms with Crippen LogP contribution in [0.15, 0.2) is 29.1 Å². The van der Waals surface area contributed by atoms with Crippen molar-refractivity contribution in [2.75, 3.05) is 52.9 Å². The molecule has 2 saturated heterocycles. The van der Waals surface area contributed by atoms with Crippen molar-refractivity contribution in [3.05, 3.63) is 39.8 Å². The van der Waals surface area contributed by atoms with Gasteiger partial charge in [0.15, 0.2) is 0 Å². The number of rotatable bonds is 4. The van der Waals surface area contributed by atoms with Gasteiger partial charge < -0.3 is 4.90 Å². The van der Waals surface area contributed by atoms with Crippen LogP contribution in [-0.2, 0) is 4.79 Å². The molecule has 4 rings (SSSR count). The standard InChI is InChI=1S/C19H25ClN7O3/c1-27(13-2-3-17(27)28)14-12-23-8-10-24(11-9-23)18(29)26-19(30)25(21-22-26)16-6-4-15(20)5-7-16/h4-7H,2-3,8-14H2,1H3/q+1. The van der Waals surface area contributed by atoms with Gasteiger partial charge in [0.25, 0.3) is 0 Å². The molecule has 0 aliphatic carbocycles. The third-order valence-electron chi connectivity index (χ3n) is 6.03. The summed E-state index contributed by atoms with van der Waals surface area (Å²) in [6, 6.07) is 6.08. The average molecular weight is 435 g/mol. The Labute approximate surface area is 178 Å². The molecule has 1 atom stereocenters. The number of likely N-dealkylation sites (tertiary alicyclic amines) is 1. The molecule has 1 unspecified atom stereocenters. The van der Waals surface area contributed by atoms with Crippen LogP contribution in [0.2, 0.25) is 5.02 Å². The van der Waals surface area contributed by atoms with E-state index in [1.807, 2.05) is 7.05 Å². The van der Waals surface area contributed by atoms with Crippen LogP contribution < -0.4 is 5.69 Å². The van der Waals surface area contributed by atoms with Crippen molar-refractivity contribution in [3.63, 3.8) is 0 Å². The van der Waals surface area contributed by atoms with Crippen molar-refractivity contribution in [3.8, 4) is 5.69 Å². The Morgan fingerprint density at radius 1 is 1.10 bits per heavy atom. The van der Waals surface area contributed by atoms with E-state index < -0.39 is 11.7 Å². The predicted molar refractivity (Wildman–Crippen MR) is 110 cm³/mol. The Balaban J connectivity index is 1.35. The van der Waals surface area contributed by atoms with E-state index in [2.05, 4.69) is 15.3 Å². The zero-order valence-corrected chi connectivity index (χ0v) is 17.7. The summed E-state index contributed by atoms with van der Waals surface area (Å²) in [7, 11) is 2.01. The molecule has 0 saturated carbocycles. The summed E-state index contributed by atoms with van der Waals surface area (Å²) in [6.07, 6.45) is 1.63. The number of piperazine rings is 1. The maximum absolute atomic E-state index is 12.8. The molecule has 2 fully saturated rings. The summed E-state index contributed by atoms with van der Waals surface area (Å²) in [5.74, 6) is 0.312. The molecular weight excluding hydrogens is 410 g/mol. The van der Waals surface area contributed by atoms with Gasteiger partial charge in [0.2, 0.25) is 0 Å². The van der Waals surface area contributed by atoms with Gasteiger partial charge in [-0.1, -0.05) is 11.6 Å². The van der Waals surface area contributed by atoms with Crippen LogP contribution in [-0.4, -0.2) is 98.9 Å². The van der Waals surface area contributed by atoms with Crippen molar-refractivity contribution >= 4 is 23.5 Å². The molecule has 0 bridgehead atoms. The van der Waals surface area contributed by atoms with E-state index in [1.165, 1.54) is 0 Å². The summed E-state index contributed by atoms with van der Waals surface area (Å²) in [4.78, 5) is 41.3. The monoisotopic (exact) mass is 434 g/mol. The Kier molecular flexibility index (Phi) is 5.72. The molecule has 2 amide bonds. The first-order chi connectivity index (χ1) is 14.4. The zero-order chi connectivity index (χ0) is 21.3. The van der Waals surface area contributed by atoms with E-state index in [9.17, 15) is 14.4 Å². The summed E-state index contributed by atoms with van der Waals surface area (Å²) in [5, 5.41) is 8.11. The lowest BCUT2D eigenvalue weighted by atomic mass is 10.3. The molecule has 11 heteroatoms. The first-order valence-corrected chi connectivity index (χ1v) is 10.5. The Morgan fingerprint density at radius 3 is 2.43 bits per heavy atom. The topological polar surface area (TPSA) is 93.3 Å². The Hall–Kier alpha value is -2.56. The van der Waals surface area contributed by atoms with Crippen LogP contribution in [0.4, 0.5) is 4.79 Å². The fourth-order valence-corrected chi connectivity index (χ4v) is 4.11. The number of halogens is 1. The van der Waals surface area contributed by atoms with Gasteiger partial charge >= 0.3 is 17.6 Å². The van der Waals surface area contributed by atoms with Gasteiger partial charge in [0.1, 0.15) is 0 Å². The van der Waals surface area contributed by atoms with E-state index in [1.54, 1.807) is 29.2 Å². The number of aromatic nitrogens is 4. The number of benzene rings is 1. The van der Waals surface area contributed by atoms with Gasteiger partial charge in [-0.3, -0.25) is 9.38 Å². The van der Waals surface area contributed by atoms with Crippen LogP contribution >= 0.6 is 11.6 Å². The summed E-state index contributed by atoms with van der Waals surface area (Å²) in [6.45, 7) is 4.90. The smallest absolute Gasteiger partial charge is 0.320 e. The Morgan fingerprint density at radius 2 is 1.80 bits per heavy atom. The fourth-order valence-electron chi connectivity index (χ4n) is 3.98. The average Bonchev–Trinajstić information content (AvgIpc) is 3.29. The van der Waals surface area contributed by atoms with Crippen LogP contribution in [0.25, 0.3) is 5.69 Å². The first-order valence-electron chi connectivity index (χ1n) is 10.1. The predicted octanol–water partition coefficient (Wildman–Crippen LogP) is 0.435. The maximum Gasteiger partial charge on any atom is 0.377 e. The number of hydrogen-bond acceptors (Lipinski definition) is 6. The summed E-state index contributed by atoms with van der Waals surface area (Å²) in [5.41, 5.74) is -0.129. The van der Waals surface area contributed by atoms with Crippen LogP contribution in [0.3, 0.4) is 0 Å². The molecule has 30 heavy (non-hydrogen) atoms. The molecule has 0 spiro atoms. The first kappa shape index (κ1) is 20.7. The van der Waals surface area contributed by atoms with Gasteiger partial charge in [-0.05, 0) is 34.7 Å². The molecule has 2 aliphatic heterocycles. The summed E-state index contributed by atoms with van der Waals surface area (Å²) >= 11 is 5.87. The number of carbonyl (C=O) groups excluding carboxylic acids is 2. The summed E-state index contributed by atoms with van der Waals surface area (Å²) < 4.78 is 2.36. The van der Waals surface area contributed by atoms with Gasteiger partial charge in [-0.15, -0.1) is 4.68 Å². The third-order valence-corrected chi connectivity index (χ3v) is 6.28. The van der Waals surface area contributed by atoms with E-state index >= 15 is 0 Å². The number of quaternary nitrogens is 1. The van der Waals surface area contributed by atoms with Crippen LogP contribution in [0.5, 0.6) is 0 Å². The van der Waals surface area contributed by atoms with E-state index in [0.29, 0.717) is 53.7 Å². The number of carbonyl (C=O) groups is 2. The molecule has 2 aromatic rings. The third kappa shape index (κ3) is 4.03. The van der Waals surface area contributed by atoms with Gasteiger partial charge in [-0.25, -0.2) is 14.4 Å². The number of tetrazole rings is 1. The number of nitrogens with zero attached hydrogens (tertiary/aromatic N) is 7. The normalized spacial score (nSPS) is 22.6. The number of hydrogen-bond donors (Lipinski definition) is 0. The fraction of sp³-hybridized carbons (Fsp3) is 0.526. The lowest BCUT2D eigenvalue weighted by Crippen LogP contribution is -2.55. The largest absolute Gasteiger partial charge is 0.377 e. The minimum absolute atomic E-state index is 0.312. The minimum Gasteiger partial charge on any atom is -0.320 e. The van der Waals surface area contributed by atoms with E-state index in [4.69, 9.17) is 11.6 Å². The van der Waals surface area contributed by atoms with Crippen molar-refractivity contribution in [1.29, 1.82) is 0 Å². The second-order valence-corrected chi connectivity index (χ2v) is 8.45. The molecule has 0 radical (unpaired) electrons. The van der Waals surface area contributed by atoms with Gasteiger partial charge in [0, 0.05) is 44.2 Å². The highest BCUT2D eigenvalue weighted by Gasteiger charge is 2.37. The molecule has 10 nitrogen and oxygen atoms in total. The number of amides is 2. The lowest BCUT2D eigenvalue weighted by molar-refractivity contribution is -0.825. The SMILES string of the molecule is C[N+]1(CCN2CCN(C(=O)n3nnn(-c4ccc(Cl)cc4)c3=O)CC2)CCCC1=O. The van der Waals surface area contributed by atoms with Crippen LogP contribution in [0, 0.1) is 0 Å². The molecule has 2 aliphatic rings. The quantitative estimate of drug-likeness (QED) is 0.512. The highest BCUT2D eigenvalue weighted by molar-refractivity contribution is 6.30. The highest BCUT2D eigenvalue weighted by Crippen LogP contribution is 2.18. The zero-order valence-electron chi connectivity index (χ0n) is 16.9. The molecular formula is C19H25ClN7O3+. The van der Waals surface area contributed by atoms with E-state index in [0.717, 1.165) is 35.4 Å². The lowest BCUT2D eigenvalue weighted by Gasteiger charge is -2.36. The molecule has 3 heterocycles. The van der Waals surface area contributed by atoms with Crippen LogP contribution in [0.1, 0.15) is 12.8 Å². The molecule has 160 valence electrons. The minimum atomic E-state index is -0.616. The van der Waals surface area contributed by atoms with Crippen molar-refractivity contribution in [2.45, 2.75) is 12.8 Å².